The number of nitrogens with one attached hydrogen (secondary N) is 2. The van der Waals surface area contributed by atoms with Crippen LogP contribution in [0, 0.1) is 13.8 Å². The Kier molecular flexibility index (Phi) is 5.58. The number of hydrogen-bond donors (Lipinski definition) is 2. The molecule has 1 atom stereocenters. The molecule has 0 spiro atoms. The molecule has 1 unspecified atom stereocenters. The van der Waals surface area contributed by atoms with E-state index in [1.807, 2.05) is 14.0 Å². The van der Waals surface area contributed by atoms with Crippen molar-refractivity contribution in [1.29, 1.82) is 0 Å². The van der Waals surface area contributed by atoms with Gasteiger partial charge in [-0.1, -0.05) is 18.2 Å². The summed E-state index contributed by atoms with van der Waals surface area (Å²) in [7, 11) is 1.82. The number of aromatic nitrogens is 1. The third-order valence-corrected chi connectivity index (χ3v) is 5.73. The number of hydrogen-bond acceptors (Lipinski definition) is 4. The highest BCUT2D eigenvalue weighted by atomic mass is 32.1. The van der Waals surface area contributed by atoms with Gasteiger partial charge in [0.25, 0.3) is 0 Å². The SMILES string of the molecule is CN=C(NCc1sc(C)nc1C)NCC(C)N1CCc2ccccc21. The maximum Gasteiger partial charge on any atom is 0.191 e. The monoisotopic (exact) mass is 357 g/mol. The van der Waals surface area contributed by atoms with Crippen molar-refractivity contribution in [1.82, 2.24) is 15.6 Å². The number of aliphatic imine (C=N–C) groups is 1. The first-order valence-electron chi connectivity index (χ1n) is 8.80. The second-order valence-electron chi connectivity index (χ2n) is 6.47. The van der Waals surface area contributed by atoms with Crippen LogP contribution in [0.4, 0.5) is 5.69 Å². The summed E-state index contributed by atoms with van der Waals surface area (Å²) in [4.78, 5) is 12.6. The largest absolute Gasteiger partial charge is 0.366 e. The van der Waals surface area contributed by atoms with Crippen LogP contribution in [-0.2, 0) is 13.0 Å². The lowest BCUT2D eigenvalue weighted by atomic mass is 10.2. The molecule has 0 saturated heterocycles. The Balaban J connectivity index is 1.52. The predicted molar refractivity (Wildman–Crippen MR) is 107 cm³/mol. The molecule has 2 heterocycles. The van der Waals surface area contributed by atoms with Crippen molar-refractivity contribution in [2.24, 2.45) is 4.99 Å². The molecular formula is C19H27N5S. The Labute approximate surface area is 154 Å². The van der Waals surface area contributed by atoms with E-state index in [1.165, 1.54) is 16.1 Å². The van der Waals surface area contributed by atoms with E-state index in [0.717, 1.165) is 42.7 Å². The molecule has 134 valence electrons. The number of guanidine groups is 1. The molecule has 2 N–H and O–H groups in total. The molecule has 1 aromatic heterocycles. The van der Waals surface area contributed by atoms with E-state index in [1.54, 1.807) is 11.3 Å². The summed E-state index contributed by atoms with van der Waals surface area (Å²) in [5.74, 6) is 0.838. The lowest BCUT2D eigenvalue weighted by Crippen LogP contribution is -2.45. The van der Waals surface area contributed by atoms with Gasteiger partial charge in [0.05, 0.1) is 17.2 Å². The molecule has 3 rings (SSSR count). The minimum absolute atomic E-state index is 0.412. The maximum atomic E-state index is 4.47. The topological polar surface area (TPSA) is 52.6 Å². The highest BCUT2D eigenvalue weighted by Gasteiger charge is 2.22. The van der Waals surface area contributed by atoms with E-state index >= 15 is 0 Å². The zero-order valence-corrected chi connectivity index (χ0v) is 16.3. The van der Waals surface area contributed by atoms with Gasteiger partial charge in [-0.25, -0.2) is 4.98 Å². The second-order valence-corrected chi connectivity index (χ2v) is 7.76. The number of rotatable bonds is 5. The number of nitrogens with zero attached hydrogens (tertiary/aromatic N) is 3. The van der Waals surface area contributed by atoms with Crippen LogP contribution in [0.2, 0.25) is 0 Å². The normalized spacial score (nSPS) is 15.2. The summed E-state index contributed by atoms with van der Waals surface area (Å²) < 4.78 is 0. The van der Waals surface area contributed by atoms with Gasteiger partial charge >= 0.3 is 0 Å². The molecule has 0 fully saturated rings. The maximum absolute atomic E-state index is 4.47. The van der Waals surface area contributed by atoms with E-state index in [2.05, 4.69) is 63.6 Å². The minimum Gasteiger partial charge on any atom is -0.366 e. The van der Waals surface area contributed by atoms with Crippen LogP contribution in [0.25, 0.3) is 0 Å². The zero-order valence-electron chi connectivity index (χ0n) is 15.5. The van der Waals surface area contributed by atoms with Crippen LogP contribution in [-0.4, -0.2) is 37.1 Å². The lowest BCUT2D eigenvalue weighted by Gasteiger charge is -2.28. The fraction of sp³-hybridized carbons (Fsp3) is 0.474. The summed E-state index contributed by atoms with van der Waals surface area (Å²) in [5.41, 5.74) is 3.93. The number of benzene rings is 1. The highest BCUT2D eigenvalue weighted by Crippen LogP contribution is 2.28. The summed E-state index contributed by atoms with van der Waals surface area (Å²) in [6, 6.07) is 9.11. The Morgan fingerprint density at radius 2 is 2.12 bits per heavy atom. The standard InChI is InChI=1S/C19H27N5S/c1-13(24-10-9-16-7-5-6-8-17(16)24)11-21-19(20-4)22-12-18-14(2)23-15(3)25-18/h5-8,13H,9-12H2,1-4H3,(H2,20,21,22). The van der Waals surface area contributed by atoms with E-state index in [9.17, 15) is 0 Å². The summed E-state index contributed by atoms with van der Waals surface area (Å²) >= 11 is 1.74. The van der Waals surface area contributed by atoms with Crippen LogP contribution >= 0.6 is 11.3 Å². The quantitative estimate of drug-likeness (QED) is 0.638. The molecule has 5 nitrogen and oxygen atoms in total. The van der Waals surface area contributed by atoms with Crippen LogP contribution < -0.4 is 15.5 Å². The molecule has 0 bridgehead atoms. The van der Waals surface area contributed by atoms with Crippen LogP contribution in [0.1, 0.15) is 28.1 Å². The van der Waals surface area contributed by atoms with Gasteiger partial charge in [0.2, 0.25) is 0 Å². The number of anilines is 1. The molecule has 25 heavy (non-hydrogen) atoms. The summed E-state index contributed by atoms with van der Waals surface area (Å²) in [5, 5.41) is 7.96. The van der Waals surface area contributed by atoms with Crippen molar-refractivity contribution < 1.29 is 0 Å². The third kappa shape index (κ3) is 4.12. The smallest absolute Gasteiger partial charge is 0.191 e. The van der Waals surface area contributed by atoms with Crippen molar-refractivity contribution in [3.63, 3.8) is 0 Å². The third-order valence-electron chi connectivity index (χ3n) is 4.66. The molecule has 0 aliphatic carbocycles. The number of fused-ring (bicyclic) bond motifs is 1. The Morgan fingerprint density at radius 3 is 2.84 bits per heavy atom. The zero-order chi connectivity index (χ0) is 17.8. The number of para-hydroxylation sites is 1. The summed E-state index contributed by atoms with van der Waals surface area (Å²) in [6.45, 7) is 9.08. The first-order valence-corrected chi connectivity index (χ1v) is 9.62. The average Bonchev–Trinajstić information content (AvgIpc) is 3.17. The second kappa shape index (κ2) is 7.87. The predicted octanol–water partition coefficient (Wildman–Crippen LogP) is 2.88. The molecule has 0 saturated carbocycles. The lowest BCUT2D eigenvalue weighted by molar-refractivity contribution is 0.625. The average molecular weight is 358 g/mol. The van der Waals surface area contributed by atoms with Crippen molar-refractivity contribution in [2.45, 2.75) is 39.8 Å². The summed E-state index contributed by atoms with van der Waals surface area (Å²) in [6.07, 6.45) is 1.14. The molecule has 1 aromatic carbocycles. The van der Waals surface area contributed by atoms with E-state index < -0.39 is 0 Å². The van der Waals surface area contributed by atoms with Crippen LogP contribution in [0.5, 0.6) is 0 Å². The first-order chi connectivity index (χ1) is 12.1. The van der Waals surface area contributed by atoms with Gasteiger partial charge in [-0.15, -0.1) is 11.3 Å². The molecule has 1 aliphatic heterocycles. The fourth-order valence-electron chi connectivity index (χ4n) is 3.30. The number of aryl methyl sites for hydroxylation is 2. The Morgan fingerprint density at radius 1 is 1.32 bits per heavy atom. The molecule has 1 aliphatic rings. The van der Waals surface area contributed by atoms with E-state index in [4.69, 9.17) is 0 Å². The molecule has 0 radical (unpaired) electrons. The molecule has 2 aromatic rings. The minimum atomic E-state index is 0.412. The van der Waals surface area contributed by atoms with Crippen LogP contribution in [0.15, 0.2) is 29.3 Å². The van der Waals surface area contributed by atoms with Gasteiger partial charge in [0, 0.05) is 36.7 Å². The first kappa shape index (κ1) is 17.7. The Bertz CT molecular complexity index is 752. The fourth-order valence-corrected chi connectivity index (χ4v) is 4.18. The highest BCUT2D eigenvalue weighted by molar-refractivity contribution is 7.11. The van der Waals surface area contributed by atoms with Crippen molar-refractivity contribution >= 4 is 23.0 Å². The van der Waals surface area contributed by atoms with Gasteiger partial charge in [-0.2, -0.15) is 0 Å². The van der Waals surface area contributed by atoms with E-state index in [-0.39, 0.29) is 0 Å². The molecule has 6 heteroatoms. The van der Waals surface area contributed by atoms with Crippen molar-refractivity contribution in [3.05, 3.63) is 45.4 Å². The molecular weight excluding hydrogens is 330 g/mol. The molecule has 0 amide bonds. The van der Waals surface area contributed by atoms with Crippen molar-refractivity contribution in [3.8, 4) is 0 Å². The van der Waals surface area contributed by atoms with Gasteiger partial charge in [0.15, 0.2) is 5.96 Å². The van der Waals surface area contributed by atoms with Crippen molar-refractivity contribution in [2.75, 3.05) is 25.0 Å². The van der Waals surface area contributed by atoms with E-state index in [0.29, 0.717) is 6.04 Å². The van der Waals surface area contributed by atoms with Gasteiger partial charge < -0.3 is 15.5 Å². The van der Waals surface area contributed by atoms with Crippen LogP contribution in [0.3, 0.4) is 0 Å². The van der Waals surface area contributed by atoms with Gasteiger partial charge in [-0.3, -0.25) is 4.99 Å². The number of thiazole rings is 1. The Hall–Kier alpha value is -2.08. The van der Waals surface area contributed by atoms with Gasteiger partial charge in [-0.05, 0) is 38.8 Å². The van der Waals surface area contributed by atoms with Gasteiger partial charge in [0.1, 0.15) is 0 Å².